The maximum atomic E-state index is 12.9. The number of amides is 2. The number of likely N-dealkylation sites (tertiary alicyclic amines) is 1. The topological polar surface area (TPSA) is 134 Å². The van der Waals surface area contributed by atoms with Crippen molar-refractivity contribution >= 4 is 34.8 Å². The number of methoxy groups -OCH3 is 1. The van der Waals surface area contributed by atoms with E-state index in [0.29, 0.717) is 43.1 Å². The number of rotatable bonds is 7. The number of nitrogens with zero attached hydrogens (tertiary/aromatic N) is 3. The number of nitrogens with one attached hydrogen (secondary N) is 2. The summed E-state index contributed by atoms with van der Waals surface area (Å²) in [5.41, 5.74) is 6.86. The van der Waals surface area contributed by atoms with Crippen LogP contribution >= 0.6 is 11.6 Å². The van der Waals surface area contributed by atoms with Crippen molar-refractivity contribution in [3.8, 4) is 5.88 Å². The van der Waals surface area contributed by atoms with Crippen LogP contribution in [0.4, 0.5) is 4.39 Å². The van der Waals surface area contributed by atoms with Crippen LogP contribution in [-0.4, -0.2) is 52.6 Å². The molecule has 1 aliphatic rings. The van der Waals surface area contributed by atoms with Crippen LogP contribution in [0.1, 0.15) is 24.1 Å². The Morgan fingerprint density at radius 3 is 2.70 bits per heavy atom. The molecule has 0 spiro atoms. The number of hydrogen-bond acceptors (Lipinski definition) is 7. The molecule has 0 atom stereocenters. The maximum Gasteiger partial charge on any atom is 0.271 e. The molecule has 0 unspecified atom stereocenters. The van der Waals surface area contributed by atoms with Crippen molar-refractivity contribution in [1.82, 2.24) is 20.2 Å². The lowest BCUT2D eigenvalue weighted by Gasteiger charge is -2.31. The van der Waals surface area contributed by atoms with E-state index in [-0.39, 0.29) is 34.8 Å². The first-order valence-electron chi connectivity index (χ1n) is 10.2. The van der Waals surface area contributed by atoms with Gasteiger partial charge in [0.1, 0.15) is 11.5 Å². The minimum absolute atomic E-state index is 0.141. The highest BCUT2D eigenvalue weighted by Crippen LogP contribution is 2.24. The van der Waals surface area contributed by atoms with E-state index in [1.54, 1.807) is 0 Å². The monoisotopic (exact) mass is 474 g/mol. The van der Waals surface area contributed by atoms with Gasteiger partial charge in [0.2, 0.25) is 11.8 Å². The van der Waals surface area contributed by atoms with Crippen molar-refractivity contribution in [2.75, 3.05) is 20.2 Å². The summed E-state index contributed by atoms with van der Waals surface area (Å²) < 4.78 is 18.0. The maximum absolute atomic E-state index is 12.9. The molecular weight excluding hydrogens is 451 g/mol. The Morgan fingerprint density at radius 1 is 1.33 bits per heavy atom. The zero-order valence-corrected chi connectivity index (χ0v) is 18.7. The molecule has 0 aromatic carbocycles. The number of hydrogen-bond donors (Lipinski definition) is 3. The van der Waals surface area contributed by atoms with E-state index in [4.69, 9.17) is 27.5 Å². The molecule has 3 rings (SSSR count). The molecule has 0 radical (unpaired) electrons. The molecule has 0 saturated carbocycles. The van der Waals surface area contributed by atoms with Crippen LogP contribution in [0.15, 0.2) is 36.7 Å². The molecule has 1 saturated heterocycles. The van der Waals surface area contributed by atoms with E-state index in [1.165, 1.54) is 42.5 Å². The third-order valence-electron chi connectivity index (χ3n) is 5.27. The van der Waals surface area contributed by atoms with Gasteiger partial charge in [0.25, 0.3) is 5.91 Å². The highest BCUT2D eigenvalue weighted by molar-refractivity contribution is 6.43. The molecule has 2 aromatic heterocycles. The largest absolute Gasteiger partial charge is 0.481 e. The number of nitrogens with two attached hydrogens (primary N) is 1. The van der Waals surface area contributed by atoms with Crippen molar-refractivity contribution in [1.29, 1.82) is 5.41 Å². The second-order valence-electron chi connectivity index (χ2n) is 7.47. The zero-order valence-electron chi connectivity index (χ0n) is 18.0. The molecule has 0 bridgehead atoms. The third kappa shape index (κ3) is 6.26. The molecule has 11 heteroatoms. The summed E-state index contributed by atoms with van der Waals surface area (Å²) in [6, 6.07) is 4.32. The fraction of sp³-hybridized carbons (Fsp3) is 0.318. The summed E-state index contributed by atoms with van der Waals surface area (Å²) in [5.74, 6) is -1.02. The SMILES string of the molecule is COc1cc(/C(N)=C/C(=N)C(=O)N2CCC(C(=O)NCc3ccc(F)cn3)CC2)c(Cl)cn1. The number of pyridine rings is 2. The van der Waals surface area contributed by atoms with Gasteiger partial charge in [0.15, 0.2) is 0 Å². The summed E-state index contributed by atoms with van der Waals surface area (Å²) in [6.45, 7) is 0.882. The molecular formula is C22H24ClFN6O3. The van der Waals surface area contributed by atoms with E-state index in [1.807, 2.05) is 0 Å². The van der Waals surface area contributed by atoms with Crippen LogP contribution in [0.2, 0.25) is 5.02 Å². The van der Waals surface area contributed by atoms with Crippen LogP contribution in [0.5, 0.6) is 5.88 Å². The summed E-state index contributed by atoms with van der Waals surface area (Å²) in [5, 5.41) is 11.2. The van der Waals surface area contributed by atoms with E-state index in [9.17, 15) is 14.0 Å². The van der Waals surface area contributed by atoms with E-state index >= 15 is 0 Å². The summed E-state index contributed by atoms with van der Waals surface area (Å²) in [4.78, 5) is 34.5. The third-order valence-corrected chi connectivity index (χ3v) is 5.57. The van der Waals surface area contributed by atoms with Gasteiger partial charge in [-0.25, -0.2) is 9.37 Å². The first-order chi connectivity index (χ1) is 15.8. The molecule has 33 heavy (non-hydrogen) atoms. The van der Waals surface area contributed by atoms with Gasteiger partial charge in [-0.3, -0.25) is 20.0 Å². The van der Waals surface area contributed by atoms with Crippen LogP contribution < -0.4 is 15.8 Å². The normalized spacial score (nSPS) is 14.6. The van der Waals surface area contributed by atoms with Gasteiger partial charge in [-0.1, -0.05) is 11.6 Å². The van der Waals surface area contributed by atoms with Gasteiger partial charge in [0.05, 0.1) is 36.8 Å². The lowest BCUT2D eigenvalue weighted by atomic mass is 9.95. The van der Waals surface area contributed by atoms with Crippen LogP contribution in [0, 0.1) is 17.1 Å². The highest BCUT2D eigenvalue weighted by atomic mass is 35.5. The molecule has 1 aliphatic heterocycles. The van der Waals surface area contributed by atoms with Gasteiger partial charge < -0.3 is 20.7 Å². The second kappa shape index (κ2) is 10.9. The Hall–Kier alpha value is -3.53. The Balaban J connectivity index is 1.53. The predicted octanol–water partition coefficient (Wildman–Crippen LogP) is 2.15. The van der Waals surface area contributed by atoms with Gasteiger partial charge in [-0.05, 0) is 31.1 Å². The Kier molecular flexibility index (Phi) is 7.94. The van der Waals surface area contributed by atoms with Crippen molar-refractivity contribution in [2.24, 2.45) is 11.7 Å². The molecule has 0 aliphatic carbocycles. The lowest BCUT2D eigenvalue weighted by molar-refractivity contribution is -0.131. The van der Waals surface area contributed by atoms with Crippen LogP contribution in [-0.2, 0) is 16.1 Å². The van der Waals surface area contributed by atoms with Crippen molar-refractivity contribution in [3.05, 3.63) is 58.8 Å². The molecule has 4 N–H and O–H groups in total. The van der Waals surface area contributed by atoms with Gasteiger partial charge in [-0.2, -0.15) is 0 Å². The minimum Gasteiger partial charge on any atom is -0.481 e. The fourth-order valence-electron chi connectivity index (χ4n) is 3.40. The van der Waals surface area contributed by atoms with E-state index in [0.717, 1.165) is 6.20 Å². The molecule has 2 aromatic rings. The average molecular weight is 475 g/mol. The van der Waals surface area contributed by atoms with Crippen molar-refractivity contribution in [3.63, 3.8) is 0 Å². The smallest absolute Gasteiger partial charge is 0.271 e. The van der Waals surface area contributed by atoms with Crippen LogP contribution in [0.25, 0.3) is 5.70 Å². The molecule has 9 nitrogen and oxygen atoms in total. The van der Waals surface area contributed by atoms with Crippen LogP contribution in [0.3, 0.4) is 0 Å². The lowest BCUT2D eigenvalue weighted by Crippen LogP contribution is -2.45. The fourth-order valence-corrected chi connectivity index (χ4v) is 3.61. The van der Waals surface area contributed by atoms with Gasteiger partial charge in [-0.15, -0.1) is 0 Å². The average Bonchev–Trinajstić information content (AvgIpc) is 2.83. The number of halogens is 2. The van der Waals surface area contributed by atoms with E-state index in [2.05, 4.69) is 15.3 Å². The minimum atomic E-state index is -0.482. The Labute approximate surface area is 195 Å². The van der Waals surface area contributed by atoms with E-state index < -0.39 is 11.7 Å². The Morgan fingerprint density at radius 2 is 2.06 bits per heavy atom. The second-order valence-corrected chi connectivity index (χ2v) is 7.88. The van der Waals surface area contributed by atoms with Gasteiger partial charge in [0, 0.05) is 36.3 Å². The predicted molar refractivity (Wildman–Crippen MR) is 121 cm³/mol. The summed E-state index contributed by atoms with van der Waals surface area (Å²) >= 11 is 6.11. The number of aromatic nitrogens is 2. The number of carbonyl (C=O) groups excluding carboxylic acids is 2. The zero-order chi connectivity index (χ0) is 24.0. The molecule has 174 valence electrons. The molecule has 3 heterocycles. The summed E-state index contributed by atoms with van der Waals surface area (Å²) in [6.07, 6.45) is 4.66. The molecule has 1 fully saturated rings. The number of ether oxygens (including phenoxy) is 1. The first kappa shape index (κ1) is 24.1. The molecule has 2 amide bonds. The standard InChI is InChI=1S/C22H24ClFN6O3/c1-33-20-8-16(17(23)12-28-20)18(25)9-19(26)22(32)30-6-4-13(5-7-30)21(31)29-11-15-3-2-14(24)10-27-15/h2-3,8-10,12-13,26H,4-7,11,25H2,1H3,(H,29,31)/b18-9-,26-19?. The quantitative estimate of drug-likeness (QED) is 0.526. The Bertz CT molecular complexity index is 1070. The summed E-state index contributed by atoms with van der Waals surface area (Å²) in [7, 11) is 1.45. The van der Waals surface area contributed by atoms with Crippen molar-refractivity contribution < 1.29 is 18.7 Å². The number of carbonyl (C=O) groups is 2. The van der Waals surface area contributed by atoms with Gasteiger partial charge >= 0.3 is 0 Å². The number of piperidine rings is 1. The highest BCUT2D eigenvalue weighted by Gasteiger charge is 2.28. The van der Waals surface area contributed by atoms with Crippen molar-refractivity contribution in [2.45, 2.75) is 19.4 Å². The first-order valence-corrected chi connectivity index (χ1v) is 10.6.